The molecule has 0 radical (unpaired) electrons. The van der Waals surface area contributed by atoms with E-state index in [1.165, 1.54) is 9.80 Å². The molecule has 10 heteroatoms. The van der Waals surface area contributed by atoms with Gasteiger partial charge in [-0.3, -0.25) is 24.1 Å². The second-order valence-corrected chi connectivity index (χ2v) is 12.9. The molecule has 2 aliphatic heterocycles. The summed E-state index contributed by atoms with van der Waals surface area (Å²) >= 11 is 0. The highest BCUT2D eigenvalue weighted by molar-refractivity contribution is 6.07. The number of fused-ring (bicyclic) bond motifs is 2. The number of nitrogens with one attached hydrogen (secondary N) is 2. The van der Waals surface area contributed by atoms with Gasteiger partial charge < -0.3 is 20.3 Å². The van der Waals surface area contributed by atoms with E-state index >= 15 is 0 Å². The van der Waals surface area contributed by atoms with Crippen molar-refractivity contribution in [2.75, 3.05) is 18.9 Å². The molecular weight excluding hydrogens is 510 g/mol. The molecule has 0 aromatic heterocycles. The van der Waals surface area contributed by atoms with Crippen molar-refractivity contribution in [1.29, 1.82) is 0 Å². The van der Waals surface area contributed by atoms with E-state index in [0.29, 0.717) is 24.4 Å². The van der Waals surface area contributed by atoms with E-state index in [0.717, 1.165) is 18.4 Å². The second-order valence-electron chi connectivity index (χ2n) is 12.9. The number of nitrogens with zero attached hydrogens (tertiary/aromatic N) is 3. The minimum Gasteiger partial charge on any atom is -0.447 e. The van der Waals surface area contributed by atoms with E-state index in [9.17, 15) is 19.2 Å². The molecule has 40 heavy (non-hydrogen) atoms. The predicted molar refractivity (Wildman–Crippen MR) is 150 cm³/mol. The van der Waals surface area contributed by atoms with Crippen LogP contribution in [-0.2, 0) is 24.5 Å². The molecular formula is C30H41N5O5. The van der Waals surface area contributed by atoms with Crippen molar-refractivity contribution in [1.82, 2.24) is 15.1 Å². The van der Waals surface area contributed by atoms with Crippen LogP contribution in [0.5, 0.6) is 0 Å². The predicted octanol–water partition coefficient (Wildman–Crippen LogP) is 3.92. The Kier molecular flexibility index (Phi) is 8.16. The summed E-state index contributed by atoms with van der Waals surface area (Å²) in [6.45, 7) is 17.4. The maximum absolute atomic E-state index is 14.3. The van der Waals surface area contributed by atoms with Gasteiger partial charge in [0.05, 0.1) is 12.5 Å². The van der Waals surface area contributed by atoms with Gasteiger partial charge in [0.2, 0.25) is 11.8 Å². The van der Waals surface area contributed by atoms with Crippen LogP contribution in [0.25, 0.3) is 4.85 Å². The molecule has 4 amide bonds. The highest BCUT2D eigenvalue weighted by atomic mass is 16.6. The Labute approximate surface area is 236 Å². The van der Waals surface area contributed by atoms with Crippen LogP contribution in [-0.4, -0.2) is 71.6 Å². The number of likely N-dealkylation sites (tertiary alicyclic amines) is 1. The number of likely N-dealkylation sites (N-methyl/N-ethyl adjacent to an activating group) is 1. The van der Waals surface area contributed by atoms with E-state index in [1.807, 2.05) is 45.0 Å². The van der Waals surface area contributed by atoms with Crippen LogP contribution < -0.4 is 10.6 Å². The van der Waals surface area contributed by atoms with Gasteiger partial charge in [-0.2, -0.15) is 0 Å². The number of anilines is 1. The zero-order valence-corrected chi connectivity index (χ0v) is 24.3. The standard InChI is InChI=1S/C30H41N5O5/c1-18(2)40-28(39)33-22(14-19-12-13-19)25(36)34(7)23(15-29(3,4)5)26(37)35-17-30(16-24(35)31-6)20-10-8-9-11-21(20)32-27(30)38/h8-11,18-19,22-24H,12-17H2,1-5,7H3,(H,32,38)(H,33,39)/t22-,23-,24-,30-/m0/s1. The molecule has 1 aliphatic carbocycles. The number of para-hydroxylation sites is 1. The van der Waals surface area contributed by atoms with E-state index in [-0.39, 0.29) is 42.2 Å². The summed E-state index contributed by atoms with van der Waals surface area (Å²) in [6, 6.07) is 5.68. The Morgan fingerprint density at radius 2 is 1.93 bits per heavy atom. The SMILES string of the molecule is [C-]#[N+][C@@H]1C[C@@]2(CN1C(=O)[C@H](CC(C)(C)C)N(C)C(=O)[C@H](CC1CC1)NC(=O)OC(C)C)C(=O)Nc1ccccc12. The summed E-state index contributed by atoms with van der Waals surface area (Å²) in [4.78, 5) is 60.4. The normalized spacial score (nSPS) is 23.3. The number of alkyl carbamates (subject to hydrolysis) is 1. The molecule has 0 unspecified atom stereocenters. The van der Waals surface area contributed by atoms with E-state index in [1.54, 1.807) is 20.9 Å². The summed E-state index contributed by atoms with van der Waals surface area (Å²) in [6.07, 6.45) is 1.15. The third kappa shape index (κ3) is 6.08. The van der Waals surface area contributed by atoms with E-state index in [4.69, 9.17) is 11.3 Å². The van der Waals surface area contributed by atoms with Crippen LogP contribution in [0.4, 0.5) is 10.5 Å². The molecule has 2 heterocycles. The number of rotatable bonds is 8. The van der Waals surface area contributed by atoms with Crippen molar-refractivity contribution in [3.05, 3.63) is 41.2 Å². The average Bonchev–Trinajstić information content (AvgIpc) is 3.54. The first-order valence-corrected chi connectivity index (χ1v) is 14.1. The Hall–Kier alpha value is -3.61. The first-order chi connectivity index (χ1) is 18.8. The number of hydrogen-bond donors (Lipinski definition) is 2. The number of carbonyl (C=O) groups excluding carboxylic acids is 4. The third-order valence-corrected chi connectivity index (χ3v) is 7.99. The van der Waals surface area contributed by atoms with Crippen LogP contribution in [0.15, 0.2) is 24.3 Å². The summed E-state index contributed by atoms with van der Waals surface area (Å²) in [5, 5.41) is 5.64. The van der Waals surface area contributed by atoms with Crippen molar-refractivity contribution in [3.63, 3.8) is 0 Å². The number of ether oxygens (including phenoxy) is 1. The Morgan fingerprint density at radius 1 is 1.25 bits per heavy atom. The average molecular weight is 552 g/mol. The Bertz CT molecular complexity index is 1210. The Morgan fingerprint density at radius 3 is 2.52 bits per heavy atom. The molecule has 0 bridgehead atoms. The van der Waals surface area contributed by atoms with Gasteiger partial charge in [-0.15, -0.1) is 0 Å². The van der Waals surface area contributed by atoms with Gasteiger partial charge in [-0.25, -0.2) is 11.4 Å². The second kappa shape index (κ2) is 11.1. The number of carbonyl (C=O) groups is 4. The van der Waals surface area contributed by atoms with Crippen LogP contribution in [0.3, 0.4) is 0 Å². The lowest BCUT2D eigenvalue weighted by Crippen LogP contribution is -2.56. The lowest BCUT2D eigenvalue weighted by atomic mass is 9.80. The molecule has 4 rings (SSSR count). The molecule has 1 aromatic rings. The molecule has 3 aliphatic rings. The molecule has 2 fully saturated rings. The molecule has 216 valence electrons. The van der Waals surface area contributed by atoms with Crippen LogP contribution in [0.1, 0.15) is 72.3 Å². The van der Waals surface area contributed by atoms with E-state index in [2.05, 4.69) is 15.5 Å². The zero-order chi connectivity index (χ0) is 29.4. The third-order valence-electron chi connectivity index (χ3n) is 7.99. The smallest absolute Gasteiger partial charge is 0.408 e. The summed E-state index contributed by atoms with van der Waals surface area (Å²) in [5.74, 6) is -0.612. The van der Waals surface area contributed by atoms with Crippen molar-refractivity contribution in [2.24, 2.45) is 11.3 Å². The Balaban J connectivity index is 1.61. The first kappa shape index (κ1) is 29.4. The molecule has 1 saturated carbocycles. The fourth-order valence-corrected chi connectivity index (χ4v) is 5.82. The van der Waals surface area contributed by atoms with Crippen molar-refractivity contribution < 1.29 is 23.9 Å². The van der Waals surface area contributed by atoms with Gasteiger partial charge in [-0.1, -0.05) is 51.8 Å². The number of hydrogen-bond acceptors (Lipinski definition) is 5. The molecule has 1 aromatic carbocycles. The summed E-state index contributed by atoms with van der Waals surface area (Å²) < 4.78 is 5.24. The van der Waals surface area contributed by atoms with Crippen molar-refractivity contribution >= 4 is 29.5 Å². The highest BCUT2D eigenvalue weighted by Gasteiger charge is 2.59. The quantitative estimate of drug-likeness (QED) is 0.476. The largest absolute Gasteiger partial charge is 0.447 e. The maximum atomic E-state index is 14.3. The summed E-state index contributed by atoms with van der Waals surface area (Å²) in [7, 11) is 1.59. The van der Waals surface area contributed by atoms with Gasteiger partial charge in [-0.05, 0) is 49.7 Å². The van der Waals surface area contributed by atoms with Crippen molar-refractivity contribution in [2.45, 2.75) is 96.5 Å². The number of benzene rings is 1. The van der Waals surface area contributed by atoms with E-state index < -0.39 is 29.8 Å². The number of amides is 4. The minimum atomic E-state index is -1.01. The lowest BCUT2D eigenvalue weighted by Gasteiger charge is -2.36. The van der Waals surface area contributed by atoms with Gasteiger partial charge >= 0.3 is 12.3 Å². The van der Waals surface area contributed by atoms with Crippen LogP contribution >= 0.6 is 0 Å². The molecule has 1 spiro atoms. The fourth-order valence-electron chi connectivity index (χ4n) is 5.82. The lowest BCUT2D eigenvalue weighted by molar-refractivity contribution is -0.147. The summed E-state index contributed by atoms with van der Waals surface area (Å²) in [5.41, 5.74) is 0.157. The van der Waals surface area contributed by atoms with Crippen LogP contribution in [0.2, 0.25) is 0 Å². The first-order valence-electron chi connectivity index (χ1n) is 14.1. The molecule has 1 saturated heterocycles. The van der Waals surface area contributed by atoms with Crippen LogP contribution in [0, 0.1) is 17.9 Å². The molecule has 10 nitrogen and oxygen atoms in total. The molecule has 2 N–H and O–H groups in total. The van der Waals surface area contributed by atoms with Gasteiger partial charge in [0.1, 0.15) is 17.5 Å². The highest BCUT2D eigenvalue weighted by Crippen LogP contribution is 2.47. The zero-order valence-electron chi connectivity index (χ0n) is 24.3. The van der Waals surface area contributed by atoms with Gasteiger partial charge in [0.15, 0.2) is 0 Å². The molecule has 4 atom stereocenters. The monoisotopic (exact) mass is 551 g/mol. The van der Waals surface area contributed by atoms with Gasteiger partial charge in [0.25, 0.3) is 5.91 Å². The maximum Gasteiger partial charge on any atom is 0.408 e. The fraction of sp³-hybridized carbons (Fsp3) is 0.633. The van der Waals surface area contributed by atoms with Crippen molar-refractivity contribution in [3.8, 4) is 0 Å². The van der Waals surface area contributed by atoms with Gasteiger partial charge in [0, 0.05) is 19.3 Å². The topological polar surface area (TPSA) is 112 Å². The minimum absolute atomic E-state index is 0.0644.